The lowest BCUT2D eigenvalue weighted by molar-refractivity contribution is -0.149. The number of carbonyl (C=O) groups excluding carboxylic acids is 1. The van der Waals surface area contributed by atoms with Gasteiger partial charge in [0.1, 0.15) is 35.9 Å². The summed E-state index contributed by atoms with van der Waals surface area (Å²) in [4.78, 5) is 34.2. The Hall–Kier alpha value is -3.44. The third kappa shape index (κ3) is 4.90. The number of aliphatic hydroxyl groups excluding tert-OH is 1. The smallest absolute Gasteiger partial charge is 0.326 e. The summed E-state index contributed by atoms with van der Waals surface area (Å²) in [5.74, 6) is -0.641. The van der Waals surface area contributed by atoms with Gasteiger partial charge in [-0.05, 0) is 26.0 Å². The third-order valence-corrected chi connectivity index (χ3v) is 6.23. The molecule has 0 saturated carbocycles. The molecule has 1 saturated heterocycles. The maximum Gasteiger partial charge on any atom is 0.326 e. The van der Waals surface area contributed by atoms with E-state index in [2.05, 4.69) is 10.3 Å². The number of anilines is 1. The predicted molar refractivity (Wildman–Crippen MR) is 127 cm³/mol. The van der Waals surface area contributed by atoms with Crippen LogP contribution >= 0.6 is 11.3 Å². The molecule has 1 aliphatic heterocycles. The summed E-state index contributed by atoms with van der Waals surface area (Å²) in [6, 6.07) is 6.37. The molecule has 180 valence electrons. The normalized spacial score (nSPS) is 17.9. The zero-order chi connectivity index (χ0) is 24.4. The molecule has 3 heterocycles. The van der Waals surface area contributed by atoms with E-state index >= 15 is 0 Å². The second-order valence-electron chi connectivity index (χ2n) is 8.26. The van der Waals surface area contributed by atoms with Crippen molar-refractivity contribution in [3.8, 4) is 22.9 Å². The Morgan fingerprint density at radius 2 is 2.06 bits per heavy atom. The Labute approximate surface area is 200 Å². The number of rotatable bonds is 8. The number of carboxylic acid groups (broad SMARTS) is 1. The van der Waals surface area contributed by atoms with E-state index in [1.165, 1.54) is 11.3 Å². The number of nitrogens with zero attached hydrogens (tertiary/aromatic N) is 3. The van der Waals surface area contributed by atoms with Crippen molar-refractivity contribution in [2.45, 2.75) is 38.5 Å². The average Bonchev–Trinajstić information content (AvgIpc) is 3.45. The highest BCUT2D eigenvalue weighted by atomic mass is 32.1. The van der Waals surface area contributed by atoms with E-state index in [1.54, 1.807) is 25.3 Å². The topological polar surface area (TPSA) is 134 Å². The van der Waals surface area contributed by atoms with Gasteiger partial charge in [-0.3, -0.25) is 4.79 Å². The first-order chi connectivity index (χ1) is 16.3. The summed E-state index contributed by atoms with van der Waals surface area (Å²) in [6.07, 6.45) is -0.457. The lowest BCUT2D eigenvalue weighted by atomic mass is 10.1. The zero-order valence-corrected chi connectivity index (χ0v) is 19.8. The molecule has 0 bridgehead atoms. The summed E-state index contributed by atoms with van der Waals surface area (Å²) >= 11 is 1.47. The van der Waals surface area contributed by atoms with Crippen LogP contribution in [-0.2, 0) is 9.59 Å². The van der Waals surface area contributed by atoms with Crippen molar-refractivity contribution in [3.63, 3.8) is 0 Å². The number of ether oxygens (including phenoxy) is 2. The van der Waals surface area contributed by atoms with Gasteiger partial charge in [0, 0.05) is 35.4 Å². The number of aliphatic hydroxyl groups is 1. The number of likely N-dealkylation sites (tertiary alicyclic amines) is 1. The minimum Gasteiger partial charge on any atom is -0.497 e. The number of hydrogen-bond donors (Lipinski definition) is 3. The van der Waals surface area contributed by atoms with Crippen LogP contribution < -0.4 is 14.8 Å². The molecule has 11 heteroatoms. The highest BCUT2D eigenvalue weighted by molar-refractivity contribution is 7.14. The van der Waals surface area contributed by atoms with Crippen LogP contribution in [0.2, 0.25) is 0 Å². The van der Waals surface area contributed by atoms with Crippen LogP contribution in [0.4, 0.5) is 5.13 Å². The van der Waals surface area contributed by atoms with Crippen molar-refractivity contribution < 1.29 is 29.3 Å². The molecule has 0 radical (unpaired) electrons. The first-order valence-corrected chi connectivity index (χ1v) is 11.7. The van der Waals surface area contributed by atoms with E-state index in [0.29, 0.717) is 28.4 Å². The number of carboxylic acids is 1. The van der Waals surface area contributed by atoms with E-state index in [1.807, 2.05) is 25.3 Å². The van der Waals surface area contributed by atoms with Crippen LogP contribution in [0.5, 0.6) is 11.5 Å². The molecule has 2 atom stereocenters. The highest BCUT2D eigenvalue weighted by Crippen LogP contribution is 2.35. The van der Waals surface area contributed by atoms with E-state index in [-0.39, 0.29) is 19.0 Å². The summed E-state index contributed by atoms with van der Waals surface area (Å²) < 4.78 is 11.6. The lowest BCUT2D eigenvalue weighted by Crippen LogP contribution is -2.42. The monoisotopic (exact) mass is 486 g/mol. The fourth-order valence-electron chi connectivity index (χ4n) is 3.90. The van der Waals surface area contributed by atoms with Crippen LogP contribution in [0, 0.1) is 0 Å². The van der Waals surface area contributed by atoms with Gasteiger partial charge in [-0.2, -0.15) is 0 Å². The average molecular weight is 487 g/mol. The van der Waals surface area contributed by atoms with E-state index in [9.17, 15) is 19.8 Å². The molecule has 3 N–H and O–H groups in total. The van der Waals surface area contributed by atoms with Crippen molar-refractivity contribution in [3.05, 3.63) is 29.6 Å². The quantitative estimate of drug-likeness (QED) is 0.439. The molecular formula is C23H26N4O6S. The summed E-state index contributed by atoms with van der Waals surface area (Å²) in [5.41, 5.74) is 1.91. The van der Waals surface area contributed by atoms with Crippen molar-refractivity contribution in [2.75, 3.05) is 25.6 Å². The second-order valence-corrected chi connectivity index (χ2v) is 9.12. The minimum atomic E-state index is -1.13. The summed E-state index contributed by atoms with van der Waals surface area (Å²) in [5, 5.41) is 25.4. The summed E-state index contributed by atoms with van der Waals surface area (Å²) in [7, 11) is 1.57. The molecular weight excluding hydrogens is 460 g/mol. The van der Waals surface area contributed by atoms with E-state index < -0.39 is 30.6 Å². The van der Waals surface area contributed by atoms with Crippen LogP contribution in [0.3, 0.4) is 0 Å². The molecule has 0 aliphatic carbocycles. The molecule has 1 unspecified atom stereocenters. The van der Waals surface area contributed by atoms with Gasteiger partial charge in [-0.25, -0.2) is 14.8 Å². The van der Waals surface area contributed by atoms with E-state index in [0.717, 1.165) is 15.4 Å². The fourth-order valence-corrected chi connectivity index (χ4v) is 4.75. The third-order valence-electron chi connectivity index (χ3n) is 5.45. The van der Waals surface area contributed by atoms with Crippen molar-refractivity contribution in [2.24, 2.45) is 0 Å². The lowest BCUT2D eigenvalue weighted by Gasteiger charge is -2.20. The van der Waals surface area contributed by atoms with E-state index in [4.69, 9.17) is 14.5 Å². The Kier molecular flexibility index (Phi) is 6.85. The number of hydrogen-bond acceptors (Lipinski definition) is 9. The maximum atomic E-state index is 12.0. The number of fused-ring (bicyclic) bond motifs is 1. The fraction of sp³-hybridized carbons (Fsp3) is 0.391. The number of benzene rings is 1. The number of methoxy groups -OCH3 is 1. The number of aromatic nitrogens is 2. The van der Waals surface area contributed by atoms with Gasteiger partial charge in [0.2, 0.25) is 5.91 Å². The number of carbonyl (C=O) groups is 2. The molecule has 3 aromatic rings. The molecule has 1 fully saturated rings. The van der Waals surface area contributed by atoms with Gasteiger partial charge in [0.05, 0.1) is 24.9 Å². The standard InChI is InChI=1S/C23H26N4O6S/c1-12(2)24-23-26-18(11-34-23)17-8-20(15-5-4-13(32-3)6-16(15)25-17)33-14-7-19(22(30)31)27(9-14)21(29)10-28/h4-6,8,11-12,14,19,28H,7,9-10H2,1-3H3,(H,24,26)(H,30,31)/t14?,19-/m0/s1. The second kappa shape index (κ2) is 9.82. The minimum absolute atomic E-state index is 0.0603. The molecule has 1 amide bonds. The van der Waals surface area contributed by atoms with Gasteiger partial charge < -0.3 is 29.9 Å². The first kappa shape index (κ1) is 23.7. The Morgan fingerprint density at radius 1 is 1.26 bits per heavy atom. The largest absolute Gasteiger partial charge is 0.497 e. The number of aliphatic carboxylic acids is 1. The van der Waals surface area contributed by atoms with Crippen LogP contribution in [0.25, 0.3) is 22.3 Å². The zero-order valence-electron chi connectivity index (χ0n) is 19.0. The molecule has 0 spiro atoms. The predicted octanol–water partition coefficient (Wildman–Crippen LogP) is 2.61. The van der Waals surface area contributed by atoms with Gasteiger partial charge in [-0.1, -0.05) is 0 Å². The van der Waals surface area contributed by atoms with Gasteiger partial charge in [0.15, 0.2) is 5.13 Å². The summed E-state index contributed by atoms with van der Waals surface area (Å²) in [6.45, 7) is 3.37. The Morgan fingerprint density at radius 3 is 2.74 bits per heavy atom. The molecule has 1 aliphatic rings. The van der Waals surface area contributed by atoms with Crippen LogP contribution in [0.1, 0.15) is 20.3 Å². The first-order valence-electron chi connectivity index (χ1n) is 10.8. The number of thiazole rings is 1. The van der Waals surface area contributed by atoms with Crippen LogP contribution in [0.15, 0.2) is 29.6 Å². The maximum absolute atomic E-state index is 12.0. The highest BCUT2D eigenvalue weighted by Gasteiger charge is 2.40. The molecule has 4 rings (SSSR count). The SMILES string of the molecule is COc1ccc2c(OC3C[C@@H](C(=O)O)N(C(=O)CO)C3)cc(-c3csc(NC(C)C)n3)nc2c1. The molecule has 1 aromatic carbocycles. The molecule has 2 aromatic heterocycles. The Bertz CT molecular complexity index is 1210. The number of nitrogens with one attached hydrogen (secondary N) is 1. The Balaban J connectivity index is 1.70. The van der Waals surface area contributed by atoms with Gasteiger partial charge in [0.25, 0.3) is 0 Å². The molecule has 34 heavy (non-hydrogen) atoms. The van der Waals surface area contributed by atoms with Crippen molar-refractivity contribution >= 4 is 39.2 Å². The van der Waals surface area contributed by atoms with Crippen LogP contribution in [-0.4, -0.2) is 75.4 Å². The van der Waals surface area contributed by atoms with Gasteiger partial charge in [-0.15, -0.1) is 11.3 Å². The van der Waals surface area contributed by atoms with Gasteiger partial charge >= 0.3 is 5.97 Å². The number of pyridine rings is 1. The number of amides is 1. The molecule has 10 nitrogen and oxygen atoms in total. The van der Waals surface area contributed by atoms with Crippen molar-refractivity contribution in [1.29, 1.82) is 0 Å². The van der Waals surface area contributed by atoms with Crippen molar-refractivity contribution in [1.82, 2.24) is 14.9 Å².